The van der Waals surface area contributed by atoms with Crippen LogP contribution in [0.2, 0.25) is 0 Å². The summed E-state index contributed by atoms with van der Waals surface area (Å²) in [6.45, 7) is 0.802. The first-order valence-corrected chi connectivity index (χ1v) is 8.93. The monoisotopic (exact) mass is 272 g/mol. The van der Waals surface area contributed by atoms with Gasteiger partial charge in [0, 0.05) is 29.9 Å². The van der Waals surface area contributed by atoms with Gasteiger partial charge in [0.15, 0.2) is 0 Å². The van der Waals surface area contributed by atoms with Gasteiger partial charge in [-0.05, 0) is 37.2 Å². The third kappa shape index (κ3) is 2.54. The Morgan fingerprint density at radius 1 is 1.18 bits per heavy atom. The Labute approximate surface area is 112 Å². The molecule has 3 fully saturated rings. The quantitative estimate of drug-likeness (QED) is 0.772. The SMILES string of the molecule is O=C(C1CCSC1)C1CCOC2(CCSC2)C1. The zero-order valence-corrected chi connectivity index (χ0v) is 11.8. The molecular formula is C13H20O2S2. The second kappa shape index (κ2) is 5.14. The van der Waals surface area contributed by atoms with E-state index in [9.17, 15) is 4.79 Å². The molecule has 0 saturated carbocycles. The Kier molecular flexibility index (Phi) is 3.74. The van der Waals surface area contributed by atoms with Gasteiger partial charge in [-0.2, -0.15) is 23.5 Å². The highest BCUT2D eigenvalue weighted by molar-refractivity contribution is 7.99. The van der Waals surface area contributed by atoms with Crippen molar-refractivity contribution in [3.63, 3.8) is 0 Å². The number of rotatable bonds is 2. The molecule has 3 saturated heterocycles. The third-order valence-corrected chi connectivity index (χ3v) is 6.68. The van der Waals surface area contributed by atoms with Crippen molar-refractivity contribution in [2.24, 2.45) is 11.8 Å². The van der Waals surface area contributed by atoms with Gasteiger partial charge in [-0.1, -0.05) is 0 Å². The summed E-state index contributed by atoms with van der Waals surface area (Å²) >= 11 is 3.93. The van der Waals surface area contributed by atoms with Crippen molar-refractivity contribution in [2.45, 2.75) is 31.3 Å². The molecule has 3 unspecified atom stereocenters. The summed E-state index contributed by atoms with van der Waals surface area (Å²) < 4.78 is 5.99. The Morgan fingerprint density at radius 2 is 2.12 bits per heavy atom. The highest BCUT2D eigenvalue weighted by Crippen LogP contribution is 2.42. The molecule has 0 N–H and O–H groups in total. The molecule has 0 aliphatic carbocycles. The number of ether oxygens (including phenoxy) is 1. The fourth-order valence-corrected chi connectivity index (χ4v) is 5.84. The van der Waals surface area contributed by atoms with Crippen LogP contribution in [-0.4, -0.2) is 41.0 Å². The number of hydrogen-bond acceptors (Lipinski definition) is 4. The lowest BCUT2D eigenvalue weighted by molar-refractivity contribution is -0.137. The molecule has 3 heterocycles. The van der Waals surface area contributed by atoms with Gasteiger partial charge < -0.3 is 4.74 Å². The van der Waals surface area contributed by atoms with Crippen molar-refractivity contribution >= 4 is 29.3 Å². The van der Waals surface area contributed by atoms with Gasteiger partial charge in [-0.25, -0.2) is 0 Å². The lowest BCUT2D eigenvalue weighted by Gasteiger charge is -2.37. The van der Waals surface area contributed by atoms with E-state index in [1.807, 2.05) is 23.5 Å². The lowest BCUT2D eigenvalue weighted by Crippen LogP contribution is -2.43. The van der Waals surface area contributed by atoms with Crippen molar-refractivity contribution in [2.75, 3.05) is 29.6 Å². The van der Waals surface area contributed by atoms with Gasteiger partial charge in [0.05, 0.1) is 5.60 Å². The largest absolute Gasteiger partial charge is 0.374 e. The summed E-state index contributed by atoms with van der Waals surface area (Å²) in [4.78, 5) is 12.5. The fourth-order valence-electron chi connectivity index (χ4n) is 3.23. The molecule has 96 valence electrons. The van der Waals surface area contributed by atoms with Crippen molar-refractivity contribution in [3.05, 3.63) is 0 Å². The molecule has 0 aromatic heterocycles. The molecule has 1 spiro atoms. The van der Waals surface area contributed by atoms with Crippen LogP contribution in [-0.2, 0) is 9.53 Å². The minimum atomic E-state index is 0.0645. The van der Waals surface area contributed by atoms with Crippen molar-refractivity contribution in [1.82, 2.24) is 0 Å². The smallest absolute Gasteiger partial charge is 0.140 e. The molecule has 0 radical (unpaired) electrons. The molecule has 0 amide bonds. The van der Waals surface area contributed by atoms with Crippen LogP contribution in [0.4, 0.5) is 0 Å². The molecule has 3 aliphatic rings. The van der Waals surface area contributed by atoms with E-state index in [4.69, 9.17) is 4.74 Å². The van der Waals surface area contributed by atoms with E-state index in [1.54, 1.807) is 0 Å². The first-order valence-electron chi connectivity index (χ1n) is 6.62. The van der Waals surface area contributed by atoms with Gasteiger partial charge in [0.25, 0.3) is 0 Å². The minimum Gasteiger partial charge on any atom is -0.374 e. The Balaban J connectivity index is 1.64. The van der Waals surface area contributed by atoms with Crippen molar-refractivity contribution < 1.29 is 9.53 Å². The van der Waals surface area contributed by atoms with Crippen LogP contribution in [0.3, 0.4) is 0 Å². The number of ketones is 1. The van der Waals surface area contributed by atoms with E-state index in [0.717, 1.165) is 43.8 Å². The molecule has 3 aliphatic heterocycles. The fraction of sp³-hybridized carbons (Fsp3) is 0.923. The first kappa shape index (κ1) is 12.4. The Morgan fingerprint density at radius 3 is 2.82 bits per heavy atom. The van der Waals surface area contributed by atoms with Crippen LogP contribution >= 0.6 is 23.5 Å². The summed E-state index contributed by atoms with van der Waals surface area (Å²) in [6, 6.07) is 0. The van der Waals surface area contributed by atoms with Crippen LogP contribution in [0.15, 0.2) is 0 Å². The molecule has 4 heteroatoms. The van der Waals surface area contributed by atoms with Crippen LogP contribution < -0.4 is 0 Å². The molecule has 2 nitrogen and oxygen atoms in total. The first-order chi connectivity index (χ1) is 8.29. The van der Waals surface area contributed by atoms with E-state index in [0.29, 0.717) is 17.6 Å². The average molecular weight is 272 g/mol. The topological polar surface area (TPSA) is 26.3 Å². The van der Waals surface area contributed by atoms with E-state index in [-0.39, 0.29) is 5.60 Å². The van der Waals surface area contributed by atoms with E-state index in [2.05, 4.69) is 0 Å². The molecule has 0 aromatic carbocycles. The lowest BCUT2D eigenvalue weighted by atomic mass is 9.79. The van der Waals surface area contributed by atoms with Crippen LogP contribution in [0.1, 0.15) is 25.7 Å². The van der Waals surface area contributed by atoms with Crippen LogP contribution in [0, 0.1) is 11.8 Å². The van der Waals surface area contributed by atoms with Crippen LogP contribution in [0.5, 0.6) is 0 Å². The second-order valence-electron chi connectivity index (χ2n) is 5.49. The average Bonchev–Trinajstić information content (AvgIpc) is 3.00. The summed E-state index contributed by atoms with van der Waals surface area (Å²) in [6.07, 6.45) is 4.23. The summed E-state index contributed by atoms with van der Waals surface area (Å²) in [5, 5.41) is 0. The minimum absolute atomic E-state index is 0.0645. The molecule has 0 bridgehead atoms. The number of hydrogen-bond donors (Lipinski definition) is 0. The zero-order chi connectivity index (χ0) is 11.7. The molecule has 3 rings (SSSR count). The third-order valence-electron chi connectivity index (χ3n) is 4.29. The van der Waals surface area contributed by atoms with Crippen molar-refractivity contribution in [3.8, 4) is 0 Å². The number of carbonyl (C=O) groups is 1. The number of carbonyl (C=O) groups excluding carboxylic acids is 1. The van der Waals surface area contributed by atoms with E-state index >= 15 is 0 Å². The Bertz CT molecular complexity index is 294. The standard InChI is InChI=1S/C13H20O2S2/c14-12(11-2-5-16-8-11)10-1-4-15-13(7-10)3-6-17-9-13/h10-11H,1-9H2. The van der Waals surface area contributed by atoms with Gasteiger partial charge in [0.2, 0.25) is 0 Å². The van der Waals surface area contributed by atoms with Gasteiger partial charge >= 0.3 is 0 Å². The highest BCUT2D eigenvalue weighted by Gasteiger charge is 2.43. The summed E-state index contributed by atoms with van der Waals surface area (Å²) in [5.41, 5.74) is 0.0645. The van der Waals surface area contributed by atoms with Gasteiger partial charge in [-0.3, -0.25) is 4.79 Å². The summed E-state index contributed by atoms with van der Waals surface area (Å²) in [7, 11) is 0. The normalized spacial score (nSPS) is 42.1. The number of Topliss-reactive ketones (excluding diaryl/α,β-unsaturated/α-hetero) is 1. The van der Waals surface area contributed by atoms with Gasteiger partial charge in [-0.15, -0.1) is 0 Å². The van der Waals surface area contributed by atoms with Gasteiger partial charge in [0.1, 0.15) is 5.78 Å². The molecule has 17 heavy (non-hydrogen) atoms. The predicted octanol–water partition coefficient (Wildman–Crippen LogP) is 2.61. The zero-order valence-electron chi connectivity index (χ0n) is 10.2. The van der Waals surface area contributed by atoms with Crippen LogP contribution in [0.25, 0.3) is 0 Å². The van der Waals surface area contributed by atoms with E-state index < -0.39 is 0 Å². The molecule has 0 aromatic rings. The maximum absolute atomic E-state index is 12.5. The van der Waals surface area contributed by atoms with E-state index in [1.165, 1.54) is 11.5 Å². The maximum Gasteiger partial charge on any atom is 0.140 e. The highest BCUT2D eigenvalue weighted by atomic mass is 32.2. The predicted molar refractivity (Wildman–Crippen MR) is 73.8 cm³/mol. The second-order valence-corrected chi connectivity index (χ2v) is 7.74. The Hall–Kier alpha value is 0.330. The molecule has 3 atom stereocenters. The molecular weight excluding hydrogens is 252 g/mol. The van der Waals surface area contributed by atoms with Crippen molar-refractivity contribution in [1.29, 1.82) is 0 Å². The maximum atomic E-state index is 12.5. The number of thioether (sulfide) groups is 2. The summed E-state index contributed by atoms with van der Waals surface area (Å²) in [5.74, 6) is 5.77.